The summed E-state index contributed by atoms with van der Waals surface area (Å²) in [4.78, 5) is 10.4. The van der Waals surface area contributed by atoms with Gasteiger partial charge in [0.05, 0.1) is 11.0 Å². The third-order valence-corrected chi connectivity index (χ3v) is 4.92. The van der Waals surface area contributed by atoms with Gasteiger partial charge in [-0.15, -0.1) is 0 Å². The fraction of sp³-hybridized carbons (Fsp3) is 0.600. The molecule has 3 rings (SSSR count). The number of nitro benzene ring substituents is 1. The van der Waals surface area contributed by atoms with Gasteiger partial charge in [0, 0.05) is 23.5 Å². The SMILES string of the molecule is Cc1cc(OC2CC(O)C23CCCC3)ccc1[N+](=O)[O-]. The van der Waals surface area contributed by atoms with E-state index in [0.29, 0.717) is 17.7 Å². The minimum atomic E-state index is -0.384. The predicted octanol–water partition coefficient (Wildman–Crippen LogP) is 2.98. The van der Waals surface area contributed by atoms with Crippen LogP contribution >= 0.6 is 0 Å². The molecule has 0 heterocycles. The molecule has 20 heavy (non-hydrogen) atoms. The van der Waals surface area contributed by atoms with Crippen LogP contribution in [0.2, 0.25) is 0 Å². The Morgan fingerprint density at radius 3 is 2.65 bits per heavy atom. The Morgan fingerprint density at radius 2 is 2.10 bits per heavy atom. The van der Waals surface area contributed by atoms with Crippen molar-refractivity contribution in [2.45, 2.75) is 51.2 Å². The van der Waals surface area contributed by atoms with Crippen molar-refractivity contribution in [2.24, 2.45) is 5.41 Å². The van der Waals surface area contributed by atoms with Gasteiger partial charge in [0.15, 0.2) is 0 Å². The van der Waals surface area contributed by atoms with Gasteiger partial charge in [-0.25, -0.2) is 0 Å². The molecule has 2 atom stereocenters. The van der Waals surface area contributed by atoms with E-state index in [1.165, 1.54) is 6.07 Å². The lowest BCUT2D eigenvalue weighted by atomic mass is 9.62. The summed E-state index contributed by atoms with van der Waals surface area (Å²) in [6, 6.07) is 4.85. The van der Waals surface area contributed by atoms with E-state index < -0.39 is 0 Å². The summed E-state index contributed by atoms with van der Waals surface area (Å²) in [5, 5.41) is 20.9. The van der Waals surface area contributed by atoms with Crippen LogP contribution in [0.4, 0.5) is 5.69 Å². The Morgan fingerprint density at radius 1 is 1.40 bits per heavy atom. The van der Waals surface area contributed by atoms with Gasteiger partial charge in [-0.2, -0.15) is 0 Å². The van der Waals surface area contributed by atoms with E-state index in [2.05, 4.69) is 0 Å². The van der Waals surface area contributed by atoms with Gasteiger partial charge in [-0.3, -0.25) is 10.1 Å². The third-order valence-electron chi connectivity index (χ3n) is 4.92. The minimum Gasteiger partial charge on any atom is -0.490 e. The number of aryl methyl sites for hydroxylation is 1. The highest BCUT2D eigenvalue weighted by Gasteiger charge is 2.57. The lowest BCUT2D eigenvalue weighted by molar-refractivity contribution is -0.385. The van der Waals surface area contributed by atoms with Gasteiger partial charge in [-0.1, -0.05) is 12.8 Å². The molecule has 1 aromatic rings. The van der Waals surface area contributed by atoms with Gasteiger partial charge >= 0.3 is 0 Å². The van der Waals surface area contributed by atoms with Crippen molar-refractivity contribution in [1.82, 2.24) is 0 Å². The lowest BCUT2D eigenvalue weighted by Gasteiger charge is -2.51. The summed E-state index contributed by atoms with van der Waals surface area (Å²) < 4.78 is 5.99. The first-order valence-corrected chi connectivity index (χ1v) is 7.13. The zero-order valence-electron chi connectivity index (χ0n) is 11.5. The highest BCUT2D eigenvalue weighted by Crippen LogP contribution is 2.54. The van der Waals surface area contributed by atoms with Crippen molar-refractivity contribution in [1.29, 1.82) is 0 Å². The van der Waals surface area contributed by atoms with Gasteiger partial charge in [-0.05, 0) is 31.9 Å². The van der Waals surface area contributed by atoms with Crippen molar-refractivity contribution in [3.63, 3.8) is 0 Å². The van der Waals surface area contributed by atoms with Crippen LogP contribution in [0.5, 0.6) is 5.75 Å². The number of nitrogens with zero attached hydrogens (tertiary/aromatic N) is 1. The monoisotopic (exact) mass is 277 g/mol. The number of rotatable bonds is 3. The molecular formula is C15H19NO4. The van der Waals surface area contributed by atoms with E-state index in [1.54, 1.807) is 19.1 Å². The Kier molecular flexibility index (Phi) is 3.17. The summed E-state index contributed by atoms with van der Waals surface area (Å²) in [7, 11) is 0. The van der Waals surface area contributed by atoms with Gasteiger partial charge in [0.25, 0.3) is 5.69 Å². The molecule has 2 saturated carbocycles. The number of aliphatic hydroxyl groups excluding tert-OH is 1. The van der Waals surface area contributed by atoms with Crippen molar-refractivity contribution in [2.75, 3.05) is 0 Å². The largest absolute Gasteiger partial charge is 0.490 e. The molecular weight excluding hydrogens is 258 g/mol. The molecule has 2 aliphatic carbocycles. The molecule has 0 aliphatic heterocycles. The maximum atomic E-state index is 10.8. The zero-order valence-corrected chi connectivity index (χ0v) is 11.5. The van der Waals surface area contributed by atoms with Crippen LogP contribution in [0.15, 0.2) is 18.2 Å². The Balaban J connectivity index is 1.76. The lowest BCUT2D eigenvalue weighted by Crippen LogP contribution is -2.58. The zero-order chi connectivity index (χ0) is 14.3. The van der Waals surface area contributed by atoms with Crippen molar-refractivity contribution < 1.29 is 14.8 Å². The minimum absolute atomic E-state index is 0.0425. The van der Waals surface area contributed by atoms with Gasteiger partial charge < -0.3 is 9.84 Å². The number of aliphatic hydroxyl groups is 1. The average Bonchev–Trinajstić information content (AvgIpc) is 2.90. The average molecular weight is 277 g/mol. The summed E-state index contributed by atoms with van der Waals surface area (Å²) >= 11 is 0. The highest BCUT2D eigenvalue weighted by molar-refractivity contribution is 5.44. The maximum absolute atomic E-state index is 10.8. The molecule has 1 N–H and O–H groups in total. The summed E-state index contributed by atoms with van der Waals surface area (Å²) in [5.41, 5.74) is 0.643. The van der Waals surface area contributed by atoms with E-state index in [9.17, 15) is 15.2 Å². The second-order valence-corrected chi connectivity index (χ2v) is 6.00. The summed E-state index contributed by atoms with van der Waals surface area (Å²) in [6.07, 6.45) is 4.79. The van der Waals surface area contributed by atoms with Crippen LogP contribution in [0.25, 0.3) is 0 Å². The molecule has 108 valence electrons. The van der Waals surface area contributed by atoms with Crippen LogP contribution in [-0.2, 0) is 0 Å². The van der Waals surface area contributed by atoms with Crippen LogP contribution in [-0.4, -0.2) is 22.2 Å². The summed E-state index contributed by atoms with van der Waals surface area (Å²) in [6.45, 7) is 1.71. The molecule has 1 aromatic carbocycles. The van der Waals surface area contributed by atoms with E-state index in [4.69, 9.17) is 4.74 Å². The van der Waals surface area contributed by atoms with E-state index in [0.717, 1.165) is 25.7 Å². The molecule has 1 spiro atoms. The normalized spacial score (nSPS) is 27.3. The number of benzene rings is 1. The van der Waals surface area contributed by atoms with Crippen molar-refractivity contribution in [3.8, 4) is 5.75 Å². The second kappa shape index (κ2) is 4.74. The summed E-state index contributed by atoms with van der Waals surface area (Å²) in [5.74, 6) is 0.663. The fourth-order valence-electron chi connectivity index (χ4n) is 3.65. The number of hydrogen-bond donors (Lipinski definition) is 1. The first kappa shape index (κ1) is 13.4. The van der Waals surface area contributed by atoms with E-state index in [-0.39, 0.29) is 28.2 Å². The Hall–Kier alpha value is -1.62. The predicted molar refractivity (Wildman–Crippen MR) is 73.8 cm³/mol. The van der Waals surface area contributed by atoms with Gasteiger partial charge in [0.1, 0.15) is 11.9 Å². The smallest absolute Gasteiger partial charge is 0.272 e. The van der Waals surface area contributed by atoms with Crippen LogP contribution in [0.3, 0.4) is 0 Å². The first-order valence-electron chi connectivity index (χ1n) is 7.13. The number of nitro groups is 1. The first-order chi connectivity index (χ1) is 9.53. The van der Waals surface area contributed by atoms with Crippen LogP contribution in [0, 0.1) is 22.5 Å². The molecule has 2 aliphatic rings. The molecule has 5 heteroatoms. The molecule has 0 bridgehead atoms. The Bertz CT molecular complexity index is 537. The van der Waals surface area contributed by atoms with Crippen molar-refractivity contribution >= 4 is 5.69 Å². The Labute approximate surface area is 117 Å². The number of ether oxygens (including phenoxy) is 1. The molecule has 0 saturated heterocycles. The highest BCUT2D eigenvalue weighted by atomic mass is 16.6. The molecule has 2 fully saturated rings. The van der Waals surface area contributed by atoms with Gasteiger partial charge in [0.2, 0.25) is 0 Å². The molecule has 0 radical (unpaired) electrons. The van der Waals surface area contributed by atoms with Crippen LogP contribution in [0.1, 0.15) is 37.7 Å². The van der Waals surface area contributed by atoms with E-state index >= 15 is 0 Å². The van der Waals surface area contributed by atoms with Crippen LogP contribution < -0.4 is 4.74 Å². The third kappa shape index (κ3) is 1.97. The molecule has 2 unspecified atom stereocenters. The number of hydrogen-bond acceptors (Lipinski definition) is 4. The second-order valence-electron chi connectivity index (χ2n) is 6.00. The molecule has 0 amide bonds. The molecule has 5 nitrogen and oxygen atoms in total. The topological polar surface area (TPSA) is 72.6 Å². The fourth-order valence-corrected chi connectivity index (χ4v) is 3.65. The van der Waals surface area contributed by atoms with Crippen molar-refractivity contribution in [3.05, 3.63) is 33.9 Å². The van der Waals surface area contributed by atoms with E-state index in [1.807, 2.05) is 0 Å². The quantitative estimate of drug-likeness (QED) is 0.681. The standard InChI is InChI=1S/C15H19NO4/c1-10-8-11(4-5-12(10)16(18)19)20-14-9-13(17)15(14)6-2-3-7-15/h4-5,8,13-14,17H,2-3,6-7,9H2,1H3. The molecule has 0 aromatic heterocycles. The maximum Gasteiger partial charge on any atom is 0.272 e.